The third-order valence-corrected chi connectivity index (χ3v) is 13.1. The number of methoxy groups -OCH3 is 3. The monoisotopic (exact) mass is 974 g/mol. The number of esters is 1. The third kappa shape index (κ3) is 10.9. The average molecular weight is 975 g/mol. The Bertz CT molecular complexity index is 2710. The smallest absolute Gasteiger partial charge is 0.411 e. The molecule has 10 unspecified atom stereocenters. The van der Waals surface area contributed by atoms with Gasteiger partial charge in [0.05, 0.1) is 74.3 Å². The van der Waals surface area contributed by atoms with Crippen molar-refractivity contribution in [2.75, 3.05) is 39.9 Å². The largest absolute Gasteiger partial charge is 0.508 e. The number of fused-ring (bicyclic) bond motifs is 4. The number of allylic oxidation sites excluding steroid dienone is 3. The van der Waals surface area contributed by atoms with Crippen LogP contribution in [0.5, 0.6) is 5.75 Å². The third-order valence-electron chi connectivity index (χ3n) is 12.0. The maximum Gasteiger partial charge on any atom is 0.411 e. The van der Waals surface area contributed by atoms with Crippen LogP contribution in [0.4, 0.5) is 4.79 Å². The lowest BCUT2D eigenvalue weighted by Crippen LogP contribution is -2.61. The van der Waals surface area contributed by atoms with Gasteiger partial charge in [-0.3, -0.25) is 14.9 Å². The van der Waals surface area contributed by atoms with Crippen LogP contribution in [0.25, 0.3) is 21.8 Å². The SMILES string of the molecule is COC(=O)NC1=C2C#C/C=C\C#C[C@H](OC3OC(C)C(C(=O)c4nc(C(=O)OC)cc5c4[nH]c4ccc(O)cc45)C(O)C3OC3CC(OC)C(NC(C)C)CO3)C2/C(=C\CS(C)=S)[C@@H](O)CC1=O. The number of rotatable bonds is 13. The van der Waals surface area contributed by atoms with Gasteiger partial charge in [-0.25, -0.2) is 14.6 Å². The molecule has 2 aliphatic heterocycles. The quantitative estimate of drug-likeness (QED) is 0.0624. The zero-order chi connectivity index (χ0) is 49.0. The van der Waals surface area contributed by atoms with Crippen molar-refractivity contribution in [1.82, 2.24) is 20.6 Å². The highest BCUT2D eigenvalue weighted by Gasteiger charge is 2.52. The van der Waals surface area contributed by atoms with Crippen molar-refractivity contribution in [1.29, 1.82) is 0 Å². The molecule has 6 N–H and O–H groups in total. The lowest BCUT2D eigenvalue weighted by molar-refractivity contribution is -0.330. The van der Waals surface area contributed by atoms with Crippen LogP contribution in [0.2, 0.25) is 0 Å². The number of aromatic nitrogens is 2. The molecule has 2 aliphatic carbocycles. The van der Waals surface area contributed by atoms with E-state index >= 15 is 4.79 Å². The molecule has 12 atom stereocenters. The van der Waals surface area contributed by atoms with Gasteiger partial charge < -0.3 is 58.8 Å². The summed E-state index contributed by atoms with van der Waals surface area (Å²) in [6.45, 7) is 5.70. The van der Waals surface area contributed by atoms with Gasteiger partial charge in [-0.15, -0.1) is 9.45 Å². The van der Waals surface area contributed by atoms with Crippen molar-refractivity contribution in [3.8, 4) is 29.4 Å². The molecule has 4 aliphatic rings. The molecule has 0 bridgehead atoms. The number of carbonyl (C=O) groups excluding carboxylic acids is 4. The molecule has 0 saturated carbocycles. The first-order chi connectivity index (χ1) is 32.5. The van der Waals surface area contributed by atoms with Crippen LogP contribution in [0.1, 0.15) is 54.6 Å². The number of hydrogen-bond acceptors (Lipinski definition) is 17. The Kier molecular flexibility index (Phi) is 16.3. The highest BCUT2D eigenvalue weighted by molar-refractivity contribution is 8.28. The molecule has 7 rings (SSSR count). The van der Waals surface area contributed by atoms with E-state index in [0.29, 0.717) is 27.6 Å². The van der Waals surface area contributed by atoms with Gasteiger partial charge in [0.2, 0.25) is 0 Å². The summed E-state index contributed by atoms with van der Waals surface area (Å²) in [6.07, 6.45) is -4.88. The van der Waals surface area contributed by atoms with Crippen LogP contribution in [-0.2, 0) is 58.6 Å². The Labute approximate surface area is 399 Å². The fourth-order valence-electron chi connectivity index (χ4n) is 8.90. The number of H-pyrrole nitrogens is 1. The molecule has 362 valence electrons. The highest BCUT2D eigenvalue weighted by Crippen LogP contribution is 2.40. The number of benzene rings is 1. The van der Waals surface area contributed by atoms with Gasteiger partial charge in [0.1, 0.15) is 29.3 Å². The number of phenols is 1. The van der Waals surface area contributed by atoms with Crippen molar-refractivity contribution < 1.29 is 67.7 Å². The minimum Gasteiger partial charge on any atom is -0.508 e. The first kappa shape index (κ1) is 50.5. The standard InChI is InChI=1S/C48H54N4O14S2/c1-23(2)49-32-22-63-37(21-36(32)60-4)66-45-44(57)38(43(56)42-41-29(19-31(51-42)46(58)61-5)28-18-25(53)14-15-30(28)50-41)24(3)64-47(45)65-35-13-11-9-8-10-12-27-39(35)26(16-17-68(7)67)33(54)20-34(55)40(27)52-48(59)62-6/h8-9,14-16,18-19,23-24,32-33,35-39,44-45,47,49-50,53-54,57H,17,20-22H2,1-7H3,(H,52,59)/b9-8-,26-16-/t24?,32?,33-,35-,36?,37?,38?,39?,44?,45?,47?,68?/m0/s1. The average Bonchev–Trinajstić information content (AvgIpc) is 3.67. The Morgan fingerprint density at radius 1 is 1.09 bits per heavy atom. The Morgan fingerprint density at radius 2 is 1.85 bits per heavy atom. The van der Waals surface area contributed by atoms with Crippen LogP contribution < -0.4 is 10.6 Å². The number of aliphatic hydroxyl groups excluding tert-OH is 2. The Balaban J connectivity index is 1.34. The van der Waals surface area contributed by atoms with E-state index in [-0.39, 0.29) is 59.0 Å². The van der Waals surface area contributed by atoms with Crippen molar-refractivity contribution in [2.45, 2.75) is 94.9 Å². The Morgan fingerprint density at radius 3 is 2.56 bits per heavy atom. The molecular formula is C48H54N4O14S2. The molecule has 0 spiro atoms. The van der Waals surface area contributed by atoms with Crippen LogP contribution in [0.15, 0.2) is 59.3 Å². The number of phenolic OH excluding ortho intramolecular Hbond substituents is 1. The molecule has 2 aromatic heterocycles. The van der Waals surface area contributed by atoms with Gasteiger partial charge in [0.25, 0.3) is 0 Å². The number of carbonyl (C=O) groups is 4. The van der Waals surface area contributed by atoms with E-state index in [9.17, 15) is 29.7 Å². The number of nitrogens with zero attached hydrogens (tertiary/aromatic N) is 1. The van der Waals surface area contributed by atoms with E-state index < -0.39 is 101 Å². The minimum atomic E-state index is -1.73. The molecule has 3 aromatic rings. The van der Waals surface area contributed by atoms with Gasteiger partial charge in [0.15, 0.2) is 24.1 Å². The van der Waals surface area contributed by atoms with Crippen molar-refractivity contribution in [3.05, 3.63) is 70.7 Å². The summed E-state index contributed by atoms with van der Waals surface area (Å²) in [6, 6.07) is 5.89. The topological polar surface area (TPSA) is 246 Å². The molecule has 2 saturated heterocycles. The van der Waals surface area contributed by atoms with Gasteiger partial charge in [0, 0.05) is 53.6 Å². The second kappa shape index (κ2) is 21.9. The predicted octanol–water partition coefficient (Wildman–Crippen LogP) is 2.78. The number of pyridine rings is 1. The van der Waals surface area contributed by atoms with Crippen molar-refractivity contribution >= 4 is 66.1 Å². The number of alkyl carbamates (subject to hydrolysis) is 1. The second-order valence-electron chi connectivity index (χ2n) is 16.9. The summed E-state index contributed by atoms with van der Waals surface area (Å²) >= 11 is 5.52. The maximum absolute atomic E-state index is 15.1. The first-order valence-corrected chi connectivity index (χ1v) is 24.6. The van der Waals surface area contributed by atoms with E-state index in [2.05, 4.69) is 44.3 Å². The van der Waals surface area contributed by atoms with Gasteiger partial charge in [-0.1, -0.05) is 54.8 Å². The minimum absolute atomic E-state index is 0.0545. The van der Waals surface area contributed by atoms with Gasteiger partial charge in [-0.2, -0.15) is 0 Å². The first-order valence-electron chi connectivity index (χ1n) is 21.8. The number of ketones is 2. The summed E-state index contributed by atoms with van der Waals surface area (Å²) in [7, 11) is 3.29. The summed E-state index contributed by atoms with van der Waals surface area (Å²) in [4.78, 5) is 62.3. The fourth-order valence-corrected chi connectivity index (χ4v) is 9.53. The number of hydrogen-bond donors (Lipinski definition) is 6. The Hall–Kier alpha value is -5.36. The summed E-state index contributed by atoms with van der Waals surface area (Å²) in [5.74, 6) is 7.32. The zero-order valence-corrected chi connectivity index (χ0v) is 40.0. The molecule has 20 heteroatoms. The molecule has 1 aromatic carbocycles. The second-order valence-corrected chi connectivity index (χ2v) is 20.1. The number of aromatic amines is 1. The highest BCUT2D eigenvalue weighted by atomic mass is 32.8. The van der Waals surface area contributed by atoms with Gasteiger partial charge >= 0.3 is 12.1 Å². The van der Waals surface area contributed by atoms with Crippen LogP contribution in [0, 0.1) is 35.5 Å². The van der Waals surface area contributed by atoms with E-state index in [0.717, 1.165) is 7.11 Å². The van der Waals surface area contributed by atoms with E-state index in [1.54, 1.807) is 26.2 Å². The van der Waals surface area contributed by atoms with Crippen LogP contribution >= 0.6 is 0 Å². The number of aliphatic hydroxyl groups is 2. The molecule has 68 heavy (non-hydrogen) atoms. The predicted molar refractivity (Wildman–Crippen MR) is 252 cm³/mol. The van der Waals surface area contributed by atoms with Crippen molar-refractivity contribution in [2.24, 2.45) is 11.8 Å². The van der Waals surface area contributed by atoms with Crippen LogP contribution in [0.3, 0.4) is 0 Å². The number of nitrogens with one attached hydrogen (secondary N) is 3. The number of aromatic hydroxyl groups is 1. The van der Waals surface area contributed by atoms with Crippen LogP contribution in [-0.4, -0.2) is 150 Å². The van der Waals surface area contributed by atoms with E-state index in [1.807, 2.05) is 20.1 Å². The normalized spacial score (nSPS) is 29.9. The summed E-state index contributed by atoms with van der Waals surface area (Å²) in [5, 5.41) is 41.6. The van der Waals surface area contributed by atoms with Gasteiger partial charge in [-0.05, 0) is 55.2 Å². The molecule has 18 nitrogen and oxygen atoms in total. The molecule has 4 heterocycles. The molecular weight excluding hydrogens is 921 g/mol. The number of amides is 1. The summed E-state index contributed by atoms with van der Waals surface area (Å²) in [5.41, 5.74) is 0.439. The summed E-state index contributed by atoms with van der Waals surface area (Å²) < 4.78 is 42.0. The molecule has 0 radical (unpaired) electrons. The van der Waals surface area contributed by atoms with E-state index in [1.165, 1.54) is 37.5 Å². The lowest BCUT2D eigenvalue weighted by Gasteiger charge is -2.46. The molecule has 2 fully saturated rings. The number of Topliss-reactive ketones (excluding diaryl/α,β-unsaturated/α-hetero) is 2. The number of ether oxygens (including phenoxy) is 7. The fraction of sp³-hybridized carbons (Fsp3) is 0.479. The molecule has 1 amide bonds. The maximum atomic E-state index is 15.1. The van der Waals surface area contributed by atoms with Crippen molar-refractivity contribution in [3.63, 3.8) is 0 Å². The zero-order valence-electron chi connectivity index (χ0n) is 38.4. The lowest BCUT2D eigenvalue weighted by atomic mass is 9.82. The van der Waals surface area contributed by atoms with E-state index in [4.69, 9.17) is 44.3 Å².